The van der Waals surface area contributed by atoms with E-state index in [1.807, 2.05) is 16.9 Å². The number of likely N-dealkylation sites (tertiary alicyclic amines) is 1. The number of nitrogens with zero attached hydrogens (tertiary/aromatic N) is 3. The van der Waals surface area contributed by atoms with E-state index in [4.69, 9.17) is 11.6 Å². The van der Waals surface area contributed by atoms with Gasteiger partial charge in [-0.05, 0) is 37.1 Å². The molecule has 0 radical (unpaired) electrons. The maximum absolute atomic E-state index is 12.7. The van der Waals surface area contributed by atoms with Gasteiger partial charge in [0.2, 0.25) is 5.91 Å². The molecule has 3 heterocycles. The first kappa shape index (κ1) is 18.3. The summed E-state index contributed by atoms with van der Waals surface area (Å²) in [6.45, 7) is 4.88. The van der Waals surface area contributed by atoms with Gasteiger partial charge in [-0.15, -0.1) is 0 Å². The number of aromatic nitrogens is 3. The van der Waals surface area contributed by atoms with Crippen molar-refractivity contribution in [1.82, 2.24) is 19.7 Å². The number of H-pyrrole nitrogens is 1. The Morgan fingerprint density at radius 3 is 2.82 bits per heavy atom. The normalized spacial score (nSPS) is 15.0. The molecule has 4 rings (SSSR count). The summed E-state index contributed by atoms with van der Waals surface area (Å²) in [5.41, 5.74) is 1.86. The third-order valence-electron chi connectivity index (χ3n) is 5.10. The van der Waals surface area contributed by atoms with Crippen LogP contribution in [0, 0.1) is 0 Å². The van der Waals surface area contributed by atoms with Crippen molar-refractivity contribution in [3.05, 3.63) is 60.0 Å². The third kappa shape index (κ3) is 3.41. The highest BCUT2D eigenvalue weighted by Crippen LogP contribution is 2.27. The maximum atomic E-state index is 12.7. The highest BCUT2D eigenvalue weighted by atomic mass is 35.5. The van der Waals surface area contributed by atoms with Gasteiger partial charge < -0.3 is 15.2 Å². The van der Waals surface area contributed by atoms with Crippen molar-refractivity contribution in [3.63, 3.8) is 0 Å². The molecular weight excluding hydrogens is 378 g/mol. The lowest BCUT2D eigenvalue weighted by Gasteiger charge is -2.31. The fraction of sp³-hybridized carbons (Fsp3) is 0.250. The average Bonchev–Trinajstić information content (AvgIpc) is 3.38. The Morgan fingerprint density at radius 1 is 1.29 bits per heavy atom. The molecule has 1 aliphatic rings. The number of anilines is 1. The summed E-state index contributed by atoms with van der Waals surface area (Å²) in [4.78, 5) is 29.3. The molecule has 0 spiro atoms. The van der Waals surface area contributed by atoms with Crippen LogP contribution in [0.2, 0.25) is 5.02 Å². The second-order valence-electron chi connectivity index (χ2n) is 6.79. The van der Waals surface area contributed by atoms with Crippen LogP contribution in [-0.2, 0) is 4.79 Å². The Labute approximate surface area is 167 Å². The van der Waals surface area contributed by atoms with Crippen molar-refractivity contribution in [2.24, 2.45) is 0 Å². The predicted octanol–water partition coefficient (Wildman–Crippen LogP) is 3.62. The minimum absolute atomic E-state index is 0.0366. The van der Waals surface area contributed by atoms with Gasteiger partial charge in [-0.2, -0.15) is 5.10 Å². The Balaban J connectivity index is 1.44. The standard InChI is InChI=1S/C20H20ClN5O2/c1-2-18(27)25-9-6-14(7-10-25)26-12-13(11-23-26)24-20(28)16-3-4-17(21)15-5-8-22-19(15)16/h2-5,8,11-12,14,22H,1,6-7,9-10H2,(H,24,28). The van der Waals surface area contributed by atoms with Crippen LogP contribution < -0.4 is 5.32 Å². The summed E-state index contributed by atoms with van der Waals surface area (Å²) in [7, 11) is 0. The molecule has 0 atom stereocenters. The van der Waals surface area contributed by atoms with Crippen molar-refractivity contribution in [1.29, 1.82) is 0 Å². The number of carbonyl (C=O) groups is 2. The average molecular weight is 398 g/mol. The number of hydrogen-bond donors (Lipinski definition) is 2. The number of rotatable bonds is 4. The lowest BCUT2D eigenvalue weighted by atomic mass is 10.1. The van der Waals surface area contributed by atoms with Crippen LogP contribution >= 0.6 is 11.6 Å². The van der Waals surface area contributed by atoms with Crippen LogP contribution in [-0.4, -0.2) is 44.6 Å². The molecule has 0 saturated carbocycles. The highest BCUT2D eigenvalue weighted by Gasteiger charge is 2.23. The number of aromatic amines is 1. The smallest absolute Gasteiger partial charge is 0.257 e. The zero-order chi connectivity index (χ0) is 19.7. The molecule has 28 heavy (non-hydrogen) atoms. The number of nitrogens with one attached hydrogen (secondary N) is 2. The summed E-state index contributed by atoms with van der Waals surface area (Å²) >= 11 is 6.17. The molecular formula is C20H20ClN5O2. The number of fused-ring (bicyclic) bond motifs is 1. The fourth-order valence-corrected chi connectivity index (χ4v) is 3.81. The summed E-state index contributed by atoms with van der Waals surface area (Å²) in [6.07, 6.45) is 8.20. The molecule has 2 aromatic heterocycles. The minimum Gasteiger partial charge on any atom is -0.360 e. The minimum atomic E-state index is -0.227. The molecule has 0 aliphatic carbocycles. The van der Waals surface area contributed by atoms with E-state index in [9.17, 15) is 9.59 Å². The first-order valence-corrected chi connectivity index (χ1v) is 9.47. The van der Waals surface area contributed by atoms with Gasteiger partial charge in [0.25, 0.3) is 5.91 Å². The molecule has 8 heteroatoms. The van der Waals surface area contributed by atoms with E-state index < -0.39 is 0 Å². The van der Waals surface area contributed by atoms with Crippen LogP contribution in [0.15, 0.2) is 49.4 Å². The zero-order valence-corrected chi connectivity index (χ0v) is 15.9. The van der Waals surface area contributed by atoms with E-state index >= 15 is 0 Å². The highest BCUT2D eigenvalue weighted by molar-refractivity contribution is 6.36. The van der Waals surface area contributed by atoms with Crippen molar-refractivity contribution >= 4 is 40.0 Å². The van der Waals surface area contributed by atoms with E-state index in [1.165, 1.54) is 6.08 Å². The lowest BCUT2D eigenvalue weighted by molar-refractivity contribution is -0.127. The number of hydrogen-bond acceptors (Lipinski definition) is 3. The summed E-state index contributed by atoms with van der Waals surface area (Å²) in [6, 6.07) is 5.46. The van der Waals surface area contributed by atoms with Crippen LogP contribution in [0.1, 0.15) is 29.2 Å². The van der Waals surface area contributed by atoms with Crippen LogP contribution in [0.5, 0.6) is 0 Å². The molecule has 3 aromatic rings. The largest absolute Gasteiger partial charge is 0.360 e. The molecule has 1 aromatic carbocycles. The van der Waals surface area contributed by atoms with Crippen LogP contribution in [0.4, 0.5) is 5.69 Å². The number of carbonyl (C=O) groups excluding carboxylic acids is 2. The van der Waals surface area contributed by atoms with Gasteiger partial charge in [-0.25, -0.2) is 0 Å². The van der Waals surface area contributed by atoms with Crippen molar-refractivity contribution < 1.29 is 9.59 Å². The summed E-state index contributed by atoms with van der Waals surface area (Å²) in [5.74, 6) is -0.263. The van der Waals surface area contributed by atoms with E-state index in [0.29, 0.717) is 34.9 Å². The van der Waals surface area contributed by atoms with Gasteiger partial charge in [0.1, 0.15) is 0 Å². The zero-order valence-electron chi connectivity index (χ0n) is 15.2. The van der Waals surface area contributed by atoms with Gasteiger partial charge in [0.15, 0.2) is 0 Å². The molecule has 7 nitrogen and oxygen atoms in total. The van der Waals surface area contributed by atoms with E-state index in [2.05, 4.69) is 22.0 Å². The Morgan fingerprint density at radius 2 is 2.07 bits per heavy atom. The van der Waals surface area contributed by atoms with Crippen molar-refractivity contribution in [2.45, 2.75) is 18.9 Å². The molecule has 1 aliphatic heterocycles. The molecule has 1 saturated heterocycles. The van der Waals surface area contributed by atoms with Gasteiger partial charge in [0.05, 0.1) is 29.0 Å². The molecule has 0 unspecified atom stereocenters. The second-order valence-corrected chi connectivity index (χ2v) is 7.19. The predicted molar refractivity (Wildman–Crippen MR) is 109 cm³/mol. The van der Waals surface area contributed by atoms with Crippen LogP contribution in [0.3, 0.4) is 0 Å². The number of benzene rings is 1. The van der Waals surface area contributed by atoms with Gasteiger partial charge in [-0.3, -0.25) is 14.3 Å². The van der Waals surface area contributed by atoms with Gasteiger partial charge in [0, 0.05) is 35.9 Å². The fourth-order valence-electron chi connectivity index (χ4n) is 3.59. The molecule has 0 bridgehead atoms. The van der Waals surface area contributed by atoms with E-state index in [1.54, 1.807) is 29.4 Å². The van der Waals surface area contributed by atoms with E-state index in [0.717, 1.165) is 18.2 Å². The summed E-state index contributed by atoms with van der Waals surface area (Å²) in [5, 5.41) is 8.69. The molecule has 1 fully saturated rings. The molecule has 144 valence electrons. The maximum Gasteiger partial charge on any atom is 0.257 e. The SMILES string of the molecule is C=CC(=O)N1CCC(n2cc(NC(=O)c3ccc(Cl)c4cc[nH]c34)cn2)CC1. The molecule has 2 amide bonds. The molecule has 2 N–H and O–H groups in total. The van der Waals surface area contributed by atoms with Crippen LogP contribution in [0.25, 0.3) is 10.9 Å². The Hall–Kier alpha value is -3.06. The third-order valence-corrected chi connectivity index (χ3v) is 5.43. The van der Waals surface area contributed by atoms with Crippen molar-refractivity contribution in [3.8, 4) is 0 Å². The quantitative estimate of drug-likeness (QED) is 0.659. The number of halogens is 1. The van der Waals surface area contributed by atoms with Gasteiger partial charge >= 0.3 is 0 Å². The Bertz CT molecular complexity index is 1050. The summed E-state index contributed by atoms with van der Waals surface area (Å²) < 4.78 is 1.86. The first-order valence-electron chi connectivity index (χ1n) is 9.09. The van der Waals surface area contributed by atoms with Crippen molar-refractivity contribution in [2.75, 3.05) is 18.4 Å². The second kappa shape index (κ2) is 7.52. The topological polar surface area (TPSA) is 83.0 Å². The lowest BCUT2D eigenvalue weighted by Crippen LogP contribution is -2.38. The Kier molecular flexibility index (Phi) is 4.92. The van der Waals surface area contributed by atoms with E-state index in [-0.39, 0.29) is 17.9 Å². The number of piperidine rings is 1. The first-order chi connectivity index (χ1) is 13.6. The monoisotopic (exact) mass is 397 g/mol. The van der Waals surface area contributed by atoms with Gasteiger partial charge in [-0.1, -0.05) is 18.2 Å². The number of amides is 2.